The number of aryl methyl sites for hydroxylation is 1. The fourth-order valence-corrected chi connectivity index (χ4v) is 5.48. The Kier molecular flexibility index (Phi) is 6.96. The molecule has 3 heterocycles. The monoisotopic (exact) mass is 440 g/mol. The molecule has 2 fully saturated rings. The van der Waals surface area contributed by atoms with Crippen LogP contribution in [0.3, 0.4) is 0 Å². The van der Waals surface area contributed by atoms with E-state index in [0.29, 0.717) is 31.6 Å². The molecule has 3 atom stereocenters. The van der Waals surface area contributed by atoms with Crippen molar-refractivity contribution in [3.8, 4) is 0 Å². The first-order valence-electron chi connectivity index (χ1n) is 11.5. The third-order valence-electron chi connectivity index (χ3n) is 6.92. The number of benzene rings is 1. The summed E-state index contributed by atoms with van der Waals surface area (Å²) in [5.41, 5.74) is 0.0426. The molecule has 2 aliphatic rings. The number of β-amino-alcohol motifs (C(OH)–C–C–N with tert-alkyl or cyclic N) is 1. The molecule has 32 heavy (non-hydrogen) atoms. The summed E-state index contributed by atoms with van der Waals surface area (Å²) < 4.78 is 5.70. The van der Waals surface area contributed by atoms with E-state index in [2.05, 4.69) is 0 Å². The number of furan rings is 1. The summed E-state index contributed by atoms with van der Waals surface area (Å²) in [6.07, 6.45) is 5.00. The molecular weight excluding hydrogens is 408 g/mol. The maximum Gasteiger partial charge on any atom is 0.248 e. The standard InChI is InChI=1S/C25H32N2O5/c28-15-14-26-13-5-4-12-25(24(26)31)17-20(18-29)23(21-9-6-16-32-21)27(25)22(30)11-10-19-7-2-1-3-8-19/h1-3,6-9,16,20,23,28-29H,4-5,10-15,17-18H2/t20-,23-,25+/m1/s1. The maximum atomic E-state index is 13.8. The quantitative estimate of drug-likeness (QED) is 0.690. The second-order valence-electron chi connectivity index (χ2n) is 8.86. The van der Waals surface area contributed by atoms with Crippen molar-refractivity contribution in [1.82, 2.24) is 9.80 Å². The van der Waals surface area contributed by atoms with Crippen LogP contribution in [-0.2, 0) is 16.0 Å². The van der Waals surface area contributed by atoms with E-state index in [-0.39, 0.29) is 43.9 Å². The third kappa shape index (κ3) is 4.19. The van der Waals surface area contributed by atoms with Gasteiger partial charge in [0.15, 0.2) is 0 Å². The Labute approximate surface area is 188 Å². The van der Waals surface area contributed by atoms with Gasteiger partial charge in [-0.2, -0.15) is 0 Å². The average Bonchev–Trinajstić information content (AvgIpc) is 3.42. The van der Waals surface area contributed by atoms with Gasteiger partial charge in [0.1, 0.15) is 11.3 Å². The van der Waals surface area contributed by atoms with Crippen LogP contribution in [0.25, 0.3) is 0 Å². The van der Waals surface area contributed by atoms with Gasteiger partial charge in [-0.15, -0.1) is 0 Å². The molecule has 172 valence electrons. The van der Waals surface area contributed by atoms with Crippen molar-refractivity contribution >= 4 is 11.8 Å². The van der Waals surface area contributed by atoms with Gasteiger partial charge >= 0.3 is 0 Å². The number of amides is 2. The Balaban J connectivity index is 1.71. The van der Waals surface area contributed by atoms with E-state index in [9.17, 15) is 19.8 Å². The third-order valence-corrected chi connectivity index (χ3v) is 6.92. The molecule has 4 rings (SSSR count). The van der Waals surface area contributed by atoms with Crippen molar-refractivity contribution in [1.29, 1.82) is 0 Å². The highest BCUT2D eigenvalue weighted by Crippen LogP contribution is 2.51. The van der Waals surface area contributed by atoms with Gasteiger partial charge in [0.05, 0.1) is 18.9 Å². The highest BCUT2D eigenvalue weighted by molar-refractivity contribution is 5.93. The number of carbonyl (C=O) groups excluding carboxylic acids is 2. The average molecular weight is 441 g/mol. The Morgan fingerprint density at radius 3 is 2.62 bits per heavy atom. The van der Waals surface area contributed by atoms with Crippen LogP contribution < -0.4 is 0 Å². The zero-order chi connectivity index (χ0) is 22.6. The molecule has 0 aliphatic carbocycles. The van der Waals surface area contributed by atoms with Crippen LogP contribution in [0, 0.1) is 5.92 Å². The lowest BCUT2D eigenvalue weighted by Gasteiger charge is -2.41. The minimum atomic E-state index is -1.02. The van der Waals surface area contributed by atoms with E-state index in [0.717, 1.165) is 18.4 Å². The second-order valence-corrected chi connectivity index (χ2v) is 8.86. The lowest BCUT2D eigenvalue weighted by Crippen LogP contribution is -2.58. The van der Waals surface area contributed by atoms with Gasteiger partial charge in [-0.05, 0) is 49.8 Å². The first-order chi connectivity index (χ1) is 15.6. The summed E-state index contributed by atoms with van der Waals surface area (Å²) in [5, 5.41) is 19.8. The van der Waals surface area contributed by atoms with Gasteiger partial charge in [0.2, 0.25) is 11.8 Å². The van der Waals surface area contributed by atoms with Crippen LogP contribution in [-0.4, -0.2) is 63.7 Å². The van der Waals surface area contributed by atoms with Crippen LogP contribution in [0.15, 0.2) is 53.1 Å². The summed E-state index contributed by atoms with van der Waals surface area (Å²) in [6.45, 7) is 0.571. The molecule has 2 saturated heterocycles. The van der Waals surface area contributed by atoms with Gasteiger partial charge in [-0.3, -0.25) is 9.59 Å². The first kappa shape index (κ1) is 22.6. The van der Waals surface area contributed by atoms with Gasteiger partial charge in [-0.25, -0.2) is 0 Å². The lowest BCUT2D eigenvalue weighted by atomic mass is 9.86. The molecule has 7 nitrogen and oxygen atoms in total. The maximum absolute atomic E-state index is 13.8. The Morgan fingerprint density at radius 2 is 1.94 bits per heavy atom. The zero-order valence-corrected chi connectivity index (χ0v) is 18.4. The predicted molar refractivity (Wildman–Crippen MR) is 118 cm³/mol. The van der Waals surface area contributed by atoms with Gasteiger partial charge in [0, 0.05) is 32.0 Å². The van der Waals surface area contributed by atoms with Crippen LogP contribution in [0.4, 0.5) is 0 Å². The summed E-state index contributed by atoms with van der Waals surface area (Å²) >= 11 is 0. The van der Waals surface area contributed by atoms with Crippen LogP contribution in [0.2, 0.25) is 0 Å². The van der Waals surface area contributed by atoms with E-state index < -0.39 is 11.6 Å². The molecule has 0 radical (unpaired) electrons. The number of hydrogen-bond donors (Lipinski definition) is 2. The normalized spacial score (nSPS) is 26.0. The van der Waals surface area contributed by atoms with Crippen molar-refractivity contribution in [3.63, 3.8) is 0 Å². The summed E-state index contributed by atoms with van der Waals surface area (Å²) in [6, 6.07) is 12.9. The van der Waals surface area contributed by atoms with Crippen LogP contribution >= 0.6 is 0 Å². The number of likely N-dealkylation sites (tertiary alicyclic amines) is 2. The zero-order valence-electron chi connectivity index (χ0n) is 18.4. The number of hydrogen-bond acceptors (Lipinski definition) is 5. The molecule has 2 aromatic rings. The molecule has 2 N–H and O–H groups in total. The molecule has 0 saturated carbocycles. The number of aliphatic hydroxyl groups is 2. The van der Waals surface area contributed by atoms with Crippen LogP contribution in [0.5, 0.6) is 0 Å². The molecule has 0 bridgehead atoms. The Hall–Kier alpha value is -2.64. The van der Waals surface area contributed by atoms with Crippen molar-refractivity contribution in [2.45, 2.75) is 50.1 Å². The summed E-state index contributed by atoms with van der Waals surface area (Å²) in [7, 11) is 0. The predicted octanol–water partition coefficient (Wildman–Crippen LogP) is 2.54. The first-order valence-corrected chi connectivity index (χ1v) is 11.5. The number of carbonyl (C=O) groups is 2. The molecule has 1 aromatic heterocycles. The van der Waals surface area contributed by atoms with Gasteiger partial charge < -0.3 is 24.4 Å². The minimum Gasteiger partial charge on any atom is -0.467 e. The SMILES string of the molecule is O=C(CCc1ccccc1)N1[C@@H](c2ccco2)[C@@H](CO)C[C@]12CCCCN(CCO)C2=O. The smallest absolute Gasteiger partial charge is 0.248 e. The molecule has 1 aromatic carbocycles. The van der Waals surface area contributed by atoms with Gasteiger partial charge in [0.25, 0.3) is 0 Å². The number of aliphatic hydroxyl groups excluding tert-OH is 2. The highest BCUT2D eigenvalue weighted by atomic mass is 16.3. The van der Waals surface area contributed by atoms with E-state index in [1.165, 1.54) is 0 Å². The molecule has 0 unspecified atom stereocenters. The Bertz CT molecular complexity index is 900. The minimum absolute atomic E-state index is 0.106. The van der Waals surface area contributed by atoms with E-state index in [1.54, 1.807) is 22.1 Å². The van der Waals surface area contributed by atoms with E-state index in [4.69, 9.17) is 4.42 Å². The largest absolute Gasteiger partial charge is 0.467 e. The Morgan fingerprint density at radius 1 is 1.12 bits per heavy atom. The number of nitrogens with zero attached hydrogens (tertiary/aromatic N) is 2. The van der Waals surface area contributed by atoms with Gasteiger partial charge in [-0.1, -0.05) is 30.3 Å². The van der Waals surface area contributed by atoms with E-state index in [1.807, 2.05) is 36.4 Å². The molecule has 2 amide bonds. The van der Waals surface area contributed by atoms with Crippen molar-refractivity contribution in [3.05, 3.63) is 60.1 Å². The lowest BCUT2D eigenvalue weighted by molar-refractivity contribution is -0.154. The summed E-state index contributed by atoms with van der Waals surface area (Å²) in [4.78, 5) is 31.0. The topological polar surface area (TPSA) is 94.2 Å². The van der Waals surface area contributed by atoms with E-state index >= 15 is 0 Å². The molecule has 2 aliphatic heterocycles. The summed E-state index contributed by atoms with van der Waals surface area (Å²) in [5.74, 6) is 0.0783. The second kappa shape index (κ2) is 9.88. The van der Waals surface area contributed by atoms with Crippen molar-refractivity contribution < 1.29 is 24.2 Å². The van der Waals surface area contributed by atoms with Crippen molar-refractivity contribution in [2.75, 3.05) is 26.3 Å². The molecule has 7 heteroatoms. The number of rotatable bonds is 7. The fraction of sp³-hybridized carbons (Fsp3) is 0.520. The molecular formula is C25H32N2O5. The van der Waals surface area contributed by atoms with Crippen LogP contribution in [0.1, 0.15) is 49.5 Å². The highest BCUT2D eigenvalue weighted by Gasteiger charge is 2.59. The fourth-order valence-electron chi connectivity index (χ4n) is 5.48. The van der Waals surface area contributed by atoms with Crippen molar-refractivity contribution in [2.24, 2.45) is 5.92 Å². The molecule has 1 spiro atoms.